The van der Waals surface area contributed by atoms with Crippen LogP contribution in [0.3, 0.4) is 0 Å². The number of benzene rings is 1. The second-order valence-electron chi connectivity index (χ2n) is 7.39. The second kappa shape index (κ2) is 4.29. The highest BCUT2D eigenvalue weighted by atomic mass is 28.3. The number of carbonyl (C=O) groups is 2. The highest BCUT2D eigenvalue weighted by molar-refractivity contribution is 6.88. The first-order valence-electron chi connectivity index (χ1n) is 7.79. The van der Waals surface area contributed by atoms with Gasteiger partial charge in [0.1, 0.15) is 0 Å². The van der Waals surface area contributed by atoms with Gasteiger partial charge in [0.2, 0.25) is 5.78 Å². The molecule has 0 N–H and O–H groups in total. The Hall–Kier alpha value is -1.94. The number of hydrogen-bond acceptors (Lipinski definition) is 2. The molecule has 1 atom stereocenters. The molecule has 2 aliphatic rings. The fourth-order valence-corrected chi connectivity index (χ4v) is 6.08. The number of aromatic nitrogens is 1. The molecule has 22 heavy (non-hydrogen) atoms. The number of nitrogens with zero attached hydrogens (tertiary/aromatic N) is 1. The van der Waals surface area contributed by atoms with Crippen molar-refractivity contribution in [2.75, 3.05) is 0 Å². The molecule has 2 aromatic rings. The molecule has 112 valence electrons. The number of rotatable bonds is 1. The summed E-state index contributed by atoms with van der Waals surface area (Å²) < 4.78 is 2.10. The quantitative estimate of drug-likeness (QED) is 0.755. The van der Waals surface area contributed by atoms with E-state index in [2.05, 4.69) is 30.3 Å². The van der Waals surface area contributed by atoms with Crippen LogP contribution in [-0.4, -0.2) is 24.2 Å². The van der Waals surface area contributed by atoms with Crippen LogP contribution in [0.1, 0.15) is 16.9 Å². The molecule has 1 aromatic heterocycles. The van der Waals surface area contributed by atoms with Gasteiger partial charge in [-0.15, -0.1) is 0 Å². The largest absolute Gasteiger partial charge is 0.337 e. The minimum absolute atomic E-state index is 0.0741. The number of Topliss-reactive ketones (excluding diaryl/α,β-unsaturated/α-hetero) is 2. The molecular weight excluding hydrogens is 290 g/mol. The average Bonchev–Trinajstić information content (AvgIpc) is 2.97. The Morgan fingerprint density at radius 1 is 1.14 bits per heavy atom. The van der Waals surface area contributed by atoms with E-state index in [-0.39, 0.29) is 17.5 Å². The first kappa shape index (κ1) is 13.7. The highest BCUT2D eigenvalue weighted by Crippen LogP contribution is 2.41. The molecule has 4 heteroatoms. The number of hydrogen-bond donors (Lipinski definition) is 0. The summed E-state index contributed by atoms with van der Waals surface area (Å²) in [7, 11) is -1.80. The Morgan fingerprint density at radius 3 is 2.59 bits per heavy atom. The lowest BCUT2D eigenvalue weighted by Crippen LogP contribution is -2.31. The summed E-state index contributed by atoms with van der Waals surface area (Å²) in [4.78, 5) is 25.5. The van der Waals surface area contributed by atoms with Crippen LogP contribution in [0.15, 0.2) is 41.1 Å². The lowest BCUT2D eigenvalue weighted by Gasteiger charge is -2.25. The first-order chi connectivity index (χ1) is 10.4. The third-order valence-corrected chi connectivity index (χ3v) is 6.88. The smallest absolute Gasteiger partial charge is 0.205 e. The van der Waals surface area contributed by atoms with Crippen molar-refractivity contribution >= 4 is 30.5 Å². The zero-order chi connectivity index (χ0) is 15.6. The van der Waals surface area contributed by atoms with Crippen LogP contribution in [0.5, 0.6) is 0 Å². The van der Waals surface area contributed by atoms with Gasteiger partial charge in [0.05, 0.1) is 13.8 Å². The van der Waals surface area contributed by atoms with Gasteiger partial charge in [-0.3, -0.25) is 9.59 Å². The Balaban J connectivity index is 1.97. The summed E-state index contributed by atoms with van der Waals surface area (Å²) in [5, 5.41) is 1.99. The van der Waals surface area contributed by atoms with Crippen molar-refractivity contribution in [2.45, 2.75) is 32.6 Å². The maximum atomic E-state index is 13.1. The molecule has 0 spiro atoms. The van der Waals surface area contributed by atoms with Crippen LogP contribution < -0.4 is 0 Å². The molecule has 0 radical (unpaired) electrons. The van der Waals surface area contributed by atoms with Gasteiger partial charge in [0, 0.05) is 35.4 Å². The van der Waals surface area contributed by atoms with E-state index in [9.17, 15) is 9.59 Å². The van der Waals surface area contributed by atoms with Gasteiger partial charge in [-0.25, -0.2) is 0 Å². The van der Waals surface area contributed by atoms with Crippen LogP contribution in [-0.2, 0) is 11.3 Å². The Kier molecular flexibility index (Phi) is 2.67. The van der Waals surface area contributed by atoms with Crippen molar-refractivity contribution in [1.29, 1.82) is 0 Å². The molecule has 0 bridgehead atoms. The Morgan fingerprint density at radius 2 is 1.86 bits per heavy atom. The molecule has 0 amide bonds. The van der Waals surface area contributed by atoms with Gasteiger partial charge in [0.15, 0.2) is 5.78 Å². The number of carbonyl (C=O) groups excluding carboxylic acids is 2. The monoisotopic (exact) mass is 309 g/mol. The number of para-hydroxylation sites is 1. The summed E-state index contributed by atoms with van der Waals surface area (Å²) in [5.74, 6) is 0.364. The molecule has 0 saturated heterocycles. The minimum Gasteiger partial charge on any atom is -0.337 e. The van der Waals surface area contributed by atoms with E-state index in [0.29, 0.717) is 6.42 Å². The maximum absolute atomic E-state index is 13.1. The third kappa shape index (κ3) is 1.73. The first-order valence-corrected chi connectivity index (χ1v) is 11.3. The predicted molar refractivity (Wildman–Crippen MR) is 89.8 cm³/mol. The molecule has 4 rings (SSSR count). The summed E-state index contributed by atoms with van der Waals surface area (Å²) >= 11 is 0. The topological polar surface area (TPSA) is 39.1 Å². The van der Waals surface area contributed by atoms with Crippen molar-refractivity contribution in [3.63, 3.8) is 0 Å². The molecule has 1 aliphatic heterocycles. The van der Waals surface area contributed by atoms with Crippen LogP contribution in [0.25, 0.3) is 10.9 Å². The third-order valence-electron chi connectivity index (χ3n) is 4.83. The van der Waals surface area contributed by atoms with E-state index in [1.807, 2.05) is 24.3 Å². The fraction of sp³-hybridized carbons (Fsp3) is 0.333. The Labute approximate surface area is 130 Å². The second-order valence-corrected chi connectivity index (χ2v) is 12.4. The van der Waals surface area contributed by atoms with Crippen molar-refractivity contribution in [3.8, 4) is 0 Å². The average molecular weight is 309 g/mol. The van der Waals surface area contributed by atoms with Gasteiger partial charge in [-0.1, -0.05) is 37.8 Å². The van der Waals surface area contributed by atoms with Gasteiger partial charge in [-0.2, -0.15) is 0 Å². The molecule has 1 unspecified atom stereocenters. The fourth-order valence-electron chi connectivity index (χ4n) is 4.01. The van der Waals surface area contributed by atoms with Crippen LogP contribution in [0.2, 0.25) is 19.6 Å². The summed E-state index contributed by atoms with van der Waals surface area (Å²) in [6, 6.07) is 10.1. The highest BCUT2D eigenvalue weighted by Gasteiger charge is 2.44. The molecule has 3 nitrogen and oxygen atoms in total. The number of allylic oxidation sites excluding steroid dienone is 2. The minimum atomic E-state index is -1.80. The van der Waals surface area contributed by atoms with Gasteiger partial charge in [-0.05, 0) is 17.3 Å². The molecule has 1 aromatic carbocycles. The molecular formula is C18H19NO2Si. The normalized spacial score (nSPS) is 21.5. The molecule has 0 fully saturated rings. The Bertz CT molecular complexity index is 867. The van der Waals surface area contributed by atoms with E-state index in [4.69, 9.17) is 0 Å². The number of ketones is 2. The van der Waals surface area contributed by atoms with Crippen LogP contribution >= 0.6 is 0 Å². The van der Waals surface area contributed by atoms with Gasteiger partial charge >= 0.3 is 0 Å². The molecule has 1 aliphatic carbocycles. The van der Waals surface area contributed by atoms with E-state index >= 15 is 0 Å². The SMILES string of the molecule is C[Si](C)(C)C1=C2C(=O)c3cc4ccccc4n3CC2CC1=O. The maximum Gasteiger partial charge on any atom is 0.205 e. The van der Waals surface area contributed by atoms with E-state index in [0.717, 1.165) is 33.9 Å². The van der Waals surface area contributed by atoms with Crippen LogP contribution in [0, 0.1) is 5.92 Å². The lowest BCUT2D eigenvalue weighted by molar-refractivity contribution is -0.114. The summed E-state index contributed by atoms with van der Waals surface area (Å²) in [6.07, 6.45) is 0.507. The van der Waals surface area contributed by atoms with Crippen molar-refractivity contribution in [2.24, 2.45) is 5.92 Å². The lowest BCUT2D eigenvalue weighted by atomic mass is 9.93. The zero-order valence-corrected chi connectivity index (χ0v) is 14.1. The molecule has 0 saturated carbocycles. The van der Waals surface area contributed by atoms with Gasteiger partial charge in [0.25, 0.3) is 0 Å². The van der Waals surface area contributed by atoms with Gasteiger partial charge < -0.3 is 4.57 Å². The van der Waals surface area contributed by atoms with E-state index in [1.54, 1.807) is 0 Å². The van der Waals surface area contributed by atoms with Crippen LogP contribution in [0.4, 0.5) is 0 Å². The van der Waals surface area contributed by atoms with E-state index in [1.165, 1.54) is 0 Å². The number of fused-ring (bicyclic) bond motifs is 4. The van der Waals surface area contributed by atoms with Crippen molar-refractivity contribution < 1.29 is 9.59 Å². The summed E-state index contributed by atoms with van der Waals surface area (Å²) in [5.41, 5.74) is 2.68. The molecule has 2 heterocycles. The zero-order valence-electron chi connectivity index (χ0n) is 13.1. The van der Waals surface area contributed by atoms with Crippen molar-refractivity contribution in [3.05, 3.63) is 46.8 Å². The van der Waals surface area contributed by atoms with E-state index < -0.39 is 8.07 Å². The standard InChI is InChI=1S/C18H19NO2Si/c1-22(2,3)18-15(20)9-12-10-19-13-7-5-4-6-11(13)8-14(19)17(21)16(12)18/h4-8,12H,9-10H2,1-3H3. The van der Waals surface area contributed by atoms with Crippen molar-refractivity contribution in [1.82, 2.24) is 4.57 Å². The summed E-state index contributed by atoms with van der Waals surface area (Å²) in [6.45, 7) is 7.23. The predicted octanol–water partition coefficient (Wildman–Crippen LogP) is 3.60.